The SMILES string of the molecule is COCCCNC(=O)Nc1cc(F)c(N2CCCC2)c(F)c1. The lowest BCUT2D eigenvalue weighted by Gasteiger charge is -2.19. The number of hydrogen-bond acceptors (Lipinski definition) is 3. The summed E-state index contributed by atoms with van der Waals surface area (Å²) in [6.45, 7) is 2.27. The van der Waals surface area contributed by atoms with E-state index in [2.05, 4.69) is 10.6 Å². The van der Waals surface area contributed by atoms with Crippen LogP contribution in [0, 0.1) is 11.6 Å². The summed E-state index contributed by atoms with van der Waals surface area (Å²) in [6.07, 6.45) is 2.53. The Morgan fingerprint density at radius 3 is 2.50 bits per heavy atom. The van der Waals surface area contributed by atoms with E-state index in [0.717, 1.165) is 25.0 Å². The summed E-state index contributed by atoms with van der Waals surface area (Å²) in [5.41, 5.74) is 0.0886. The van der Waals surface area contributed by atoms with E-state index in [9.17, 15) is 13.6 Å². The van der Waals surface area contributed by atoms with Gasteiger partial charge in [-0.15, -0.1) is 0 Å². The summed E-state index contributed by atoms with van der Waals surface area (Å²) in [4.78, 5) is 13.3. The Kier molecular flexibility index (Phi) is 5.94. The zero-order valence-corrected chi connectivity index (χ0v) is 12.6. The minimum absolute atomic E-state index is 0.0106. The van der Waals surface area contributed by atoms with Gasteiger partial charge in [0.2, 0.25) is 0 Å². The molecule has 1 aromatic rings. The predicted molar refractivity (Wildman–Crippen MR) is 81.3 cm³/mol. The minimum Gasteiger partial charge on any atom is -0.385 e. The van der Waals surface area contributed by atoms with Crippen LogP contribution in [-0.2, 0) is 4.74 Å². The predicted octanol–water partition coefficient (Wildman–Crippen LogP) is 2.72. The number of benzene rings is 1. The van der Waals surface area contributed by atoms with Crippen LogP contribution in [0.15, 0.2) is 12.1 Å². The molecule has 0 atom stereocenters. The Balaban J connectivity index is 1.96. The van der Waals surface area contributed by atoms with Crippen molar-refractivity contribution in [1.29, 1.82) is 0 Å². The zero-order chi connectivity index (χ0) is 15.9. The van der Waals surface area contributed by atoms with Crippen LogP contribution in [0.2, 0.25) is 0 Å². The van der Waals surface area contributed by atoms with Crippen molar-refractivity contribution in [3.63, 3.8) is 0 Å². The van der Waals surface area contributed by atoms with Gasteiger partial charge in [0.1, 0.15) is 5.69 Å². The van der Waals surface area contributed by atoms with Crippen molar-refractivity contribution >= 4 is 17.4 Å². The number of methoxy groups -OCH3 is 1. The molecule has 5 nitrogen and oxygen atoms in total. The maximum Gasteiger partial charge on any atom is 0.319 e. The number of nitrogens with one attached hydrogen (secondary N) is 2. The molecule has 1 aromatic carbocycles. The molecular weight excluding hydrogens is 292 g/mol. The highest BCUT2D eigenvalue weighted by atomic mass is 19.1. The molecule has 0 unspecified atom stereocenters. The molecule has 0 aromatic heterocycles. The highest BCUT2D eigenvalue weighted by molar-refractivity contribution is 5.89. The van der Waals surface area contributed by atoms with Gasteiger partial charge in [0, 0.05) is 39.0 Å². The van der Waals surface area contributed by atoms with Crippen LogP contribution in [0.5, 0.6) is 0 Å². The lowest BCUT2D eigenvalue weighted by Crippen LogP contribution is -2.30. The number of ether oxygens (including phenoxy) is 1. The number of urea groups is 1. The molecule has 1 aliphatic rings. The second-order valence-electron chi connectivity index (χ2n) is 5.21. The van der Waals surface area contributed by atoms with Crippen LogP contribution in [0.25, 0.3) is 0 Å². The lowest BCUT2D eigenvalue weighted by molar-refractivity contribution is 0.194. The Labute approximate surface area is 128 Å². The van der Waals surface area contributed by atoms with Crippen molar-refractivity contribution in [2.45, 2.75) is 19.3 Å². The molecule has 2 rings (SSSR count). The summed E-state index contributed by atoms with van der Waals surface area (Å²) in [7, 11) is 1.58. The van der Waals surface area contributed by atoms with Crippen molar-refractivity contribution in [1.82, 2.24) is 5.32 Å². The lowest BCUT2D eigenvalue weighted by atomic mass is 10.2. The zero-order valence-electron chi connectivity index (χ0n) is 12.6. The molecule has 0 bridgehead atoms. The Morgan fingerprint density at radius 2 is 1.91 bits per heavy atom. The molecule has 1 saturated heterocycles. The number of nitrogens with zero attached hydrogens (tertiary/aromatic N) is 1. The first-order valence-electron chi connectivity index (χ1n) is 7.39. The van der Waals surface area contributed by atoms with Gasteiger partial charge in [-0.25, -0.2) is 13.6 Å². The van der Waals surface area contributed by atoms with Gasteiger partial charge in [-0.05, 0) is 31.4 Å². The average molecular weight is 313 g/mol. The third kappa shape index (κ3) is 4.30. The number of carbonyl (C=O) groups excluding carboxylic acids is 1. The molecular formula is C15H21F2N3O2. The monoisotopic (exact) mass is 313 g/mol. The maximum absolute atomic E-state index is 14.1. The molecule has 22 heavy (non-hydrogen) atoms. The van der Waals surface area contributed by atoms with E-state index in [0.29, 0.717) is 32.7 Å². The number of anilines is 2. The highest BCUT2D eigenvalue weighted by Gasteiger charge is 2.21. The summed E-state index contributed by atoms with van der Waals surface area (Å²) in [5, 5.41) is 5.02. The number of carbonyl (C=O) groups is 1. The topological polar surface area (TPSA) is 53.6 Å². The van der Waals surface area contributed by atoms with E-state index in [1.54, 1.807) is 12.0 Å². The highest BCUT2D eigenvalue weighted by Crippen LogP contribution is 2.29. The van der Waals surface area contributed by atoms with Gasteiger partial charge < -0.3 is 20.3 Å². The van der Waals surface area contributed by atoms with Crippen LogP contribution in [-0.4, -0.2) is 39.4 Å². The fraction of sp³-hybridized carbons (Fsp3) is 0.533. The third-order valence-electron chi connectivity index (χ3n) is 3.51. The van der Waals surface area contributed by atoms with Crippen molar-refractivity contribution < 1.29 is 18.3 Å². The smallest absolute Gasteiger partial charge is 0.319 e. The molecule has 0 saturated carbocycles. The first-order valence-corrected chi connectivity index (χ1v) is 7.39. The summed E-state index contributed by atoms with van der Waals surface area (Å²) in [5.74, 6) is -1.31. The fourth-order valence-corrected chi connectivity index (χ4v) is 2.47. The number of rotatable bonds is 6. The van der Waals surface area contributed by atoms with Gasteiger partial charge in [-0.1, -0.05) is 0 Å². The third-order valence-corrected chi connectivity index (χ3v) is 3.51. The molecule has 2 N–H and O–H groups in total. The Bertz CT molecular complexity index is 497. The molecule has 122 valence electrons. The van der Waals surface area contributed by atoms with E-state index in [1.807, 2.05) is 0 Å². The van der Waals surface area contributed by atoms with Gasteiger partial charge >= 0.3 is 6.03 Å². The van der Waals surface area contributed by atoms with Gasteiger partial charge in [0.05, 0.1) is 0 Å². The molecule has 0 spiro atoms. The van der Waals surface area contributed by atoms with Crippen LogP contribution < -0.4 is 15.5 Å². The number of amides is 2. The minimum atomic E-state index is -0.656. The number of hydrogen-bond donors (Lipinski definition) is 2. The normalized spacial score (nSPS) is 14.2. The van der Waals surface area contributed by atoms with Gasteiger partial charge in [-0.3, -0.25) is 0 Å². The molecule has 1 aliphatic heterocycles. The first-order chi connectivity index (χ1) is 10.6. The van der Waals surface area contributed by atoms with Crippen molar-refractivity contribution in [2.24, 2.45) is 0 Å². The summed E-state index contributed by atoms with van der Waals surface area (Å²) >= 11 is 0. The van der Waals surface area contributed by atoms with E-state index >= 15 is 0 Å². The maximum atomic E-state index is 14.1. The summed E-state index contributed by atoms with van der Waals surface area (Å²) in [6, 6.07) is 1.79. The van der Waals surface area contributed by atoms with E-state index in [4.69, 9.17) is 4.74 Å². The van der Waals surface area contributed by atoms with Crippen molar-refractivity contribution in [3.05, 3.63) is 23.8 Å². The average Bonchev–Trinajstić information content (AvgIpc) is 2.97. The van der Waals surface area contributed by atoms with E-state index in [1.165, 1.54) is 0 Å². The van der Waals surface area contributed by atoms with E-state index in [-0.39, 0.29) is 11.4 Å². The fourth-order valence-electron chi connectivity index (χ4n) is 2.47. The second kappa shape index (κ2) is 7.93. The second-order valence-corrected chi connectivity index (χ2v) is 5.21. The van der Waals surface area contributed by atoms with Crippen LogP contribution >= 0.6 is 0 Å². The van der Waals surface area contributed by atoms with Crippen molar-refractivity contribution in [3.8, 4) is 0 Å². The molecule has 0 radical (unpaired) electrons. The quantitative estimate of drug-likeness (QED) is 0.794. The van der Waals surface area contributed by atoms with Crippen molar-refractivity contribution in [2.75, 3.05) is 43.6 Å². The molecule has 1 fully saturated rings. The van der Waals surface area contributed by atoms with Crippen LogP contribution in [0.4, 0.5) is 25.0 Å². The van der Waals surface area contributed by atoms with E-state index < -0.39 is 17.7 Å². The van der Waals surface area contributed by atoms with Gasteiger partial charge in [-0.2, -0.15) is 0 Å². The van der Waals surface area contributed by atoms with Crippen LogP contribution in [0.1, 0.15) is 19.3 Å². The number of halogens is 2. The Morgan fingerprint density at radius 1 is 1.27 bits per heavy atom. The molecule has 0 aliphatic carbocycles. The standard InChI is InChI=1S/C15H21F2N3O2/c1-22-8-4-5-18-15(21)19-11-9-12(16)14(13(17)10-11)20-6-2-3-7-20/h9-10H,2-8H2,1H3,(H2,18,19,21). The largest absolute Gasteiger partial charge is 0.385 e. The molecule has 2 amide bonds. The molecule has 1 heterocycles. The van der Waals surface area contributed by atoms with Gasteiger partial charge in [0.25, 0.3) is 0 Å². The summed E-state index contributed by atoms with van der Waals surface area (Å²) < 4.78 is 33.1. The Hall–Kier alpha value is -1.89. The molecule has 7 heteroatoms. The first kappa shape index (κ1) is 16.5. The van der Waals surface area contributed by atoms with Gasteiger partial charge in [0.15, 0.2) is 11.6 Å². The van der Waals surface area contributed by atoms with Crippen LogP contribution in [0.3, 0.4) is 0 Å².